The standard InChI is InChI=1S/C13H15ClN2O5/c1-8(13(18)19)3-2-6-15-12(17)10-5-4-9(14)7-11(10)16(20)21/h4-5,7-8H,2-3,6H2,1H3,(H,15,17)(H,18,19). The van der Waals surface area contributed by atoms with Crippen molar-refractivity contribution in [3.63, 3.8) is 0 Å². The molecule has 114 valence electrons. The number of carbonyl (C=O) groups excluding carboxylic acids is 1. The lowest BCUT2D eigenvalue weighted by Crippen LogP contribution is -2.26. The Bertz CT molecular complexity index is 561. The second-order valence-corrected chi connectivity index (χ2v) is 4.99. The number of halogens is 1. The monoisotopic (exact) mass is 314 g/mol. The van der Waals surface area contributed by atoms with Crippen molar-refractivity contribution in [2.45, 2.75) is 19.8 Å². The number of aliphatic carboxylic acids is 1. The summed E-state index contributed by atoms with van der Waals surface area (Å²) in [5.74, 6) is -1.97. The van der Waals surface area contributed by atoms with Crippen LogP contribution in [0.2, 0.25) is 5.02 Å². The van der Waals surface area contributed by atoms with Crippen LogP contribution >= 0.6 is 11.6 Å². The Morgan fingerprint density at radius 3 is 2.71 bits per heavy atom. The Kier molecular flexibility index (Phi) is 6.10. The zero-order chi connectivity index (χ0) is 16.0. The van der Waals surface area contributed by atoms with E-state index >= 15 is 0 Å². The summed E-state index contributed by atoms with van der Waals surface area (Å²) in [5, 5.41) is 22.3. The fourth-order valence-electron chi connectivity index (χ4n) is 1.68. The number of nitrogens with one attached hydrogen (secondary N) is 1. The average molecular weight is 315 g/mol. The first-order valence-corrected chi connectivity index (χ1v) is 6.65. The zero-order valence-electron chi connectivity index (χ0n) is 11.3. The van der Waals surface area contributed by atoms with E-state index in [-0.39, 0.29) is 22.8 Å². The van der Waals surface area contributed by atoms with Crippen LogP contribution in [0.15, 0.2) is 18.2 Å². The minimum atomic E-state index is -0.894. The van der Waals surface area contributed by atoms with Gasteiger partial charge in [0.1, 0.15) is 5.56 Å². The van der Waals surface area contributed by atoms with E-state index in [0.29, 0.717) is 12.8 Å². The normalized spacial score (nSPS) is 11.7. The van der Waals surface area contributed by atoms with Gasteiger partial charge >= 0.3 is 5.97 Å². The molecule has 0 radical (unpaired) electrons. The van der Waals surface area contributed by atoms with E-state index in [9.17, 15) is 19.7 Å². The van der Waals surface area contributed by atoms with Gasteiger partial charge in [-0.05, 0) is 25.0 Å². The fourth-order valence-corrected chi connectivity index (χ4v) is 1.84. The van der Waals surface area contributed by atoms with Gasteiger partial charge in [0.25, 0.3) is 11.6 Å². The van der Waals surface area contributed by atoms with Crippen molar-refractivity contribution in [3.05, 3.63) is 38.9 Å². The van der Waals surface area contributed by atoms with Crippen LogP contribution in [0.25, 0.3) is 0 Å². The molecule has 1 atom stereocenters. The van der Waals surface area contributed by atoms with Gasteiger partial charge in [0.2, 0.25) is 0 Å². The Morgan fingerprint density at radius 2 is 2.14 bits per heavy atom. The zero-order valence-corrected chi connectivity index (χ0v) is 12.1. The number of carboxylic acid groups (broad SMARTS) is 1. The smallest absolute Gasteiger partial charge is 0.306 e. The summed E-state index contributed by atoms with van der Waals surface area (Å²) in [6.45, 7) is 1.82. The summed E-state index contributed by atoms with van der Waals surface area (Å²) in [7, 11) is 0. The molecular formula is C13H15ClN2O5. The summed E-state index contributed by atoms with van der Waals surface area (Å²) >= 11 is 5.67. The summed E-state index contributed by atoms with van der Waals surface area (Å²) in [6, 6.07) is 3.80. The first-order chi connectivity index (χ1) is 9.82. The summed E-state index contributed by atoms with van der Waals surface area (Å²) in [6.07, 6.45) is 0.888. The molecule has 1 aromatic carbocycles. The highest BCUT2D eigenvalue weighted by Crippen LogP contribution is 2.23. The van der Waals surface area contributed by atoms with Gasteiger partial charge < -0.3 is 10.4 Å². The lowest BCUT2D eigenvalue weighted by molar-refractivity contribution is -0.385. The molecule has 0 heterocycles. The van der Waals surface area contributed by atoms with Crippen molar-refractivity contribution in [2.75, 3.05) is 6.54 Å². The number of benzene rings is 1. The molecule has 1 rings (SSSR count). The van der Waals surface area contributed by atoms with Gasteiger partial charge in [0.15, 0.2) is 0 Å². The maximum Gasteiger partial charge on any atom is 0.306 e. The van der Waals surface area contributed by atoms with E-state index in [2.05, 4.69) is 5.32 Å². The fraction of sp³-hybridized carbons (Fsp3) is 0.385. The second kappa shape index (κ2) is 7.58. The van der Waals surface area contributed by atoms with Gasteiger partial charge in [0.05, 0.1) is 10.8 Å². The van der Waals surface area contributed by atoms with E-state index < -0.39 is 22.7 Å². The molecule has 0 fully saturated rings. The summed E-state index contributed by atoms with van der Waals surface area (Å²) < 4.78 is 0. The number of hydrogen-bond donors (Lipinski definition) is 2. The minimum absolute atomic E-state index is 0.0734. The van der Waals surface area contributed by atoms with Gasteiger partial charge in [-0.15, -0.1) is 0 Å². The van der Waals surface area contributed by atoms with Crippen molar-refractivity contribution in [2.24, 2.45) is 5.92 Å². The largest absolute Gasteiger partial charge is 0.481 e. The van der Waals surface area contributed by atoms with E-state index in [1.165, 1.54) is 12.1 Å². The molecule has 0 bridgehead atoms. The number of carboxylic acids is 1. The predicted molar refractivity (Wildman–Crippen MR) is 76.5 cm³/mol. The highest BCUT2D eigenvalue weighted by Gasteiger charge is 2.20. The molecule has 0 aliphatic heterocycles. The van der Waals surface area contributed by atoms with E-state index in [1.54, 1.807) is 6.92 Å². The molecule has 8 heteroatoms. The van der Waals surface area contributed by atoms with Crippen LogP contribution in [0.3, 0.4) is 0 Å². The predicted octanol–water partition coefficient (Wildman–Crippen LogP) is 2.48. The molecule has 0 spiro atoms. The van der Waals surface area contributed by atoms with Crippen LogP contribution in [0.5, 0.6) is 0 Å². The molecular weight excluding hydrogens is 300 g/mol. The number of nitro groups is 1. The summed E-state index contributed by atoms with van der Waals surface area (Å²) in [4.78, 5) is 32.7. The molecule has 0 saturated heterocycles. The van der Waals surface area contributed by atoms with Crippen LogP contribution in [-0.2, 0) is 4.79 Å². The van der Waals surface area contributed by atoms with Crippen LogP contribution in [0.1, 0.15) is 30.1 Å². The summed E-state index contributed by atoms with van der Waals surface area (Å²) in [5.41, 5.74) is -0.436. The number of nitro benzene ring substituents is 1. The van der Waals surface area contributed by atoms with Gasteiger partial charge in [-0.3, -0.25) is 19.7 Å². The molecule has 2 N–H and O–H groups in total. The lowest BCUT2D eigenvalue weighted by Gasteiger charge is -2.08. The second-order valence-electron chi connectivity index (χ2n) is 4.56. The third kappa shape index (κ3) is 5.03. The average Bonchev–Trinajstić information content (AvgIpc) is 2.42. The molecule has 1 unspecified atom stereocenters. The number of hydrogen-bond acceptors (Lipinski definition) is 4. The van der Waals surface area contributed by atoms with Crippen molar-refractivity contribution in [1.29, 1.82) is 0 Å². The topological polar surface area (TPSA) is 110 Å². The van der Waals surface area contributed by atoms with Gasteiger partial charge in [-0.25, -0.2) is 0 Å². The lowest BCUT2D eigenvalue weighted by atomic mass is 10.1. The first-order valence-electron chi connectivity index (χ1n) is 6.28. The molecule has 1 aromatic rings. The molecule has 0 aromatic heterocycles. The van der Waals surface area contributed by atoms with Crippen molar-refractivity contribution < 1.29 is 19.6 Å². The quantitative estimate of drug-likeness (QED) is 0.456. The molecule has 7 nitrogen and oxygen atoms in total. The maximum absolute atomic E-state index is 11.9. The third-order valence-electron chi connectivity index (χ3n) is 2.92. The van der Waals surface area contributed by atoms with E-state index in [1.807, 2.05) is 0 Å². The van der Waals surface area contributed by atoms with Crippen molar-refractivity contribution >= 4 is 29.2 Å². The number of carbonyl (C=O) groups is 2. The van der Waals surface area contributed by atoms with Crippen LogP contribution in [0, 0.1) is 16.0 Å². The van der Waals surface area contributed by atoms with Crippen LogP contribution in [-0.4, -0.2) is 28.5 Å². The minimum Gasteiger partial charge on any atom is -0.481 e. The Balaban J connectivity index is 2.60. The van der Waals surface area contributed by atoms with Crippen LogP contribution in [0.4, 0.5) is 5.69 Å². The van der Waals surface area contributed by atoms with Gasteiger partial charge in [-0.1, -0.05) is 18.5 Å². The molecule has 0 saturated carbocycles. The number of nitrogens with zero attached hydrogens (tertiary/aromatic N) is 1. The first kappa shape index (κ1) is 16.9. The Labute approximate surface area is 126 Å². The van der Waals surface area contributed by atoms with Crippen LogP contribution < -0.4 is 5.32 Å². The highest BCUT2D eigenvalue weighted by atomic mass is 35.5. The van der Waals surface area contributed by atoms with Gasteiger partial charge in [-0.2, -0.15) is 0 Å². The molecule has 0 aliphatic rings. The Hall–Kier alpha value is -2.15. The van der Waals surface area contributed by atoms with E-state index in [0.717, 1.165) is 6.07 Å². The van der Waals surface area contributed by atoms with E-state index in [4.69, 9.17) is 16.7 Å². The third-order valence-corrected chi connectivity index (χ3v) is 3.16. The van der Waals surface area contributed by atoms with Crippen molar-refractivity contribution in [1.82, 2.24) is 5.32 Å². The Morgan fingerprint density at radius 1 is 1.48 bits per heavy atom. The SMILES string of the molecule is CC(CCCNC(=O)c1ccc(Cl)cc1[N+](=O)[O-])C(=O)O. The van der Waals surface area contributed by atoms with Crippen molar-refractivity contribution in [3.8, 4) is 0 Å². The number of rotatable bonds is 7. The highest BCUT2D eigenvalue weighted by molar-refractivity contribution is 6.31. The molecule has 0 aliphatic carbocycles. The maximum atomic E-state index is 11.9. The number of amides is 1. The molecule has 1 amide bonds. The van der Waals surface area contributed by atoms with Gasteiger partial charge in [0, 0.05) is 17.6 Å². The molecule has 21 heavy (non-hydrogen) atoms.